The Morgan fingerprint density at radius 3 is 2.30 bits per heavy atom. The first kappa shape index (κ1) is 21.4. The lowest BCUT2D eigenvalue weighted by atomic mass is 10.1. The number of morpholine rings is 1. The Labute approximate surface area is 158 Å². The van der Waals surface area contributed by atoms with E-state index < -0.39 is 15.1 Å². The SMILES string of the molecule is COc1cc(CCNS(=O)(=O)N2C[C@@H](C)O[C@@H](C)C2)c([N+](=O)[O-])cc1OC. The van der Waals surface area contributed by atoms with E-state index in [1.165, 1.54) is 30.7 Å². The molecule has 0 unspecified atom stereocenters. The summed E-state index contributed by atoms with van der Waals surface area (Å²) in [5.41, 5.74) is 0.199. The van der Waals surface area contributed by atoms with E-state index in [1.807, 2.05) is 13.8 Å². The summed E-state index contributed by atoms with van der Waals surface area (Å²) in [6, 6.07) is 2.76. The van der Waals surface area contributed by atoms with Crippen LogP contribution in [0.15, 0.2) is 12.1 Å². The third kappa shape index (κ3) is 5.28. The second kappa shape index (κ2) is 8.83. The molecule has 1 aliphatic heterocycles. The molecule has 0 amide bonds. The molecule has 1 aromatic rings. The molecule has 0 bridgehead atoms. The highest BCUT2D eigenvalue weighted by Crippen LogP contribution is 2.34. The van der Waals surface area contributed by atoms with Gasteiger partial charge in [-0.1, -0.05) is 0 Å². The minimum Gasteiger partial charge on any atom is -0.493 e. The van der Waals surface area contributed by atoms with Gasteiger partial charge in [-0.15, -0.1) is 0 Å². The number of hydrogen-bond donors (Lipinski definition) is 1. The molecule has 2 atom stereocenters. The van der Waals surface area contributed by atoms with Gasteiger partial charge in [-0.2, -0.15) is 12.7 Å². The fraction of sp³-hybridized carbons (Fsp3) is 0.625. The Balaban J connectivity index is 2.10. The molecule has 1 saturated heterocycles. The maximum Gasteiger partial charge on any atom is 0.279 e. The summed E-state index contributed by atoms with van der Waals surface area (Å²) in [6.45, 7) is 4.15. The summed E-state index contributed by atoms with van der Waals surface area (Å²) in [4.78, 5) is 10.8. The summed E-state index contributed by atoms with van der Waals surface area (Å²) in [6.07, 6.45) is -0.264. The average molecular weight is 403 g/mol. The maximum absolute atomic E-state index is 12.5. The predicted octanol–water partition coefficient (Wildman–Crippen LogP) is 1.10. The number of nitro benzene ring substituents is 1. The molecule has 0 saturated carbocycles. The average Bonchev–Trinajstić information content (AvgIpc) is 2.60. The van der Waals surface area contributed by atoms with Crippen LogP contribution in [-0.4, -0.2) is 63.7 Å². The van der Waals surface area contributed by atoms with E-state index in [0.29, 0.717) is 11.3 Å². The minimum atomic E-state index is -3.70. The molecular formula is C16H25N3O7S. The smallest absolute Gasteiger partial charge is 0.279 e. The van der Waals surface area contributed by atoms with E-state index in [-0.39, 0.29) is 49.7 Å². The van der Waals surface area contributed by atoms with E-state index in [2.05, 4.69) is 4.72 Å². The molecule has 0 aromatic heterocycles. The van der Waals surface area contributed by atoms with E-state index >= 15 is 0 Å². The summed E-state index contributed by atoms with van der Waals surface area (Å²) in [7, 11) is -0.887. The van der Waals surface area contributed by atoms with Crippen molar-refractivity contribution in [1.29, 1.82) is 0 Å². The molecule has 2 rings (SSSR count). The lowest BCUT2D eigenvalue weighted by molar-refractivity contribution is -0.385. The van der Waals surface area contributed by atoms with Gasteiger partial charge >= 0.3 is 0 Å². The number of nitrogens with zero attached hydrogens (tertiary/aromatic N) is 2. The fourth-order valence-corrected chi connectivity index (χ4v) is 4.37. The van der Waals surface area contributed by atoms with Crippen molar-refractivity contribution in [2.24, 2.45) is 0 Å². The highest BCUT2D eigenvalue weighted by molar-refractivity contribution is 7.87. The van der Waals surface area contributed by atoms with Gasteiger partial charge < -0.3 is 14.2 Å². The third-order valence-corrected chi connectivity index (χ3v) is 5.73. The molecule has 0 radical (unpaired) electrons. The van der Waals surface area contributed by atoms with Gasteiger partial charge in [0.25, 0.3) is 15.9 Å². The van der Waals surface area contributed by atoms with Gasteiger partial charge in [-0.05, 0) is 26.3 Å². The van der Waals surface area contributed by atoms with Gasteiger partial charge in [-0.3, -0.25) is 10.1 Å². The zero-order valence-corrected chi connectivity index (χ0v) is 16.6. The molecule has 1 aliphatic rings. The molecule has 11 heteroatoms. The summed E-state index contributed by atoms with van der Waals surface area (Å²) in [5, 5.41) is 11.3. The van der Waals surface area contributed by atoms with Gasteiger partial charge in [0.1, 0.15) is 0 Å². The first-order valence-electron chi connectivity index (χ1n) is 8.47. The highest BCUT2D eigenvalue weighted by atomic mass is 32.2. The van der Waals surface area contributed by atoms with Crippen molar-refractivity contribution in [3.8, 4) is 11.5 Å². The molecule has 152 valence electrons. The van der Waals surface area contributed by atoms with E-state index in [1.54, 1.807) is 0 Å². The van der Waals surface area contributed by atoms with Gasteiger partial charge in [0.15, 0.2) is 11.5 Å². The maximum atomic E-state index is 12.5. The fourth-order valence-electron chi connectivity index (χ4n) is 3.01. The van der Waals surface area contributed by atoms with E-state index in [4.69, 9.17) is 14.2 Å². The number of rotatable bonds is 8. The van der Waals surface area contributed by atoms with Crippen molar-refractivity contribution in [1.82, 2.24) is 9.03 Å². The van der Waals surface area contributed by atoms with E-state index in [9.17, 15) is 18.5 Å². The van der Waals surface area contributed by atoms with E-state index in [0.717, 1.165) is 0 Å². The Morgan fingerprint density at radius 2 is 1.78 bits per heavy atom. The standard InChI is InChI=1S/C16H25N3O7S/c1-11-9-18(10-12(2)26-11)27(22,23)17-6-5-13-7-15(24-3)16(25-4)8-14(13)19(20)21/h7-8,11-12,17H,5-6,9-10H2,1-4H3/t11-,12+. The third-order valence-electron chi connectivity index (χ3n) is 4.19. The Hall–Kier alpha value is -1.95. The molecular weight excluding hydrogens is 378 g/mol. The minimum absolute atomic E-state index is 0.0127. The second-order valence-electron chi connectivity index (χ2n) is 6.32. The molecule has 1 N–H and O–H groups in total. The topological polar surface area (TPSA) is 120 Å². The van der Waals surface area contributed by atoms with Gasteiger partial charge in [0.05, 0.1) is 37.4 Å². The van der Waals surface area contributed by atoms with Crippen LogP contribution in [0.25, 0.3) is 0 Å². The van der Waals surface area contributed by atoms with Crippen LogP contribution in [0.3, 0.4) is 0 Å². The van der Waals surface area contributed by atoms with Crippen LogP contribution in [0.5, 0.6) is 11.5 Å². The van der Waals surface area contributed by atoms with Gasteiger partial charge in [0.2, 0.25) is 0 Å². The second-order valence-corrected chi connectivity index (χ2v) is 8.07. The molecule has 0 spiro atoms. The zero-order chi connectivity index (χ0) is 20.2. The number of nitro groups is 1. The number of ether oxygens (including phenoxy) is 3. The summed E-state index contributed by atoms with van der Waals surface area (Å²) in [5.74, 6) is 0.585. The van der Waals surface area contributed by atoms with Crippen LogP contribution in [0.4, 0.5) is 5.69 Å². The number of benzene rings is 1. The van der Waals surface area contributed by atoms with Crippen LogP contribution in [0.2, 0.25) is 0 Å². The Bertz CT molecular complexity index is 774. The first-order chi connectivity index (χ1) is 12.7. The van der Waals surface area contributed by atoms with Crippen molar-refractivity contribution in [3.05, 3.63) is 27.8 Å². The quantitative estimate of drug-likeness (QED) is 0.510. The lowest BCUT2D eigenvalue weighted by Gasteiger charge is -2.34. The largest absolute Gasteiger partial charge is 0.493 e. The number of hydrogen-bond acceptors (Lipinski definition) is 7. The van der Waals surface area contributed by atoms with Gasteiger partial charge in [-0.25, -0.2) is 4.72 Å². The summed E-state index contributed by atoms with van der Waals surface area (Å²) < 4.78 is 44.6. The predicted molar refractivity (Wildman–Crippen MR) is 98.4 cm³/mol. The number of methoxy groups -OCH3 is 2. The summed E-state index contributed by atoms with van der Waals surface area (Å²) >= 11 is 0. The van der Waals surface area contributed by atoms with Crippen molar-refractivity contribution >= 4 is 15.9 Å². The molecule has 10 nitrogen and oxygen atoms in total. The Kier molecular flexibility index (Phi) is 6.98. The van der Waals surface area contributed by atoms with Crippen LogP contribution in [0, 0.1) is 10.1 Å². The normalized spacial score (nSPS) is 21.0. The van der Waals surface area contributed by atoms with Crippen molar-refractivity contribution in [2.75, 3.05) is 33.9 Å². The van der Waals surface area contributed by atoms with Crippen molar-refractivity contribution < 1.29 is 27.6 Å². The molecule has 1 fully saturated rings. The molecule has 27 heavy (non-hydrogen) atoms. The van der Waals surface area contributed by atoms with Crippen LogP contribution in [-0.2, 0) is 21.4 Å². The van der Waals surface area contributed by atoms with Crippen LogP contribution >= 0.6 is 0 Å². The Morgan fingerprint density at radius 1 is 1.22 bits per heavy atom. The molecule has 1 heterocycles. The monoisotopic (exact) mass is 403 g/mol. The van der Waals surface area contributed by atoms with Crippen LogP contribution < -0.4 is 14.2 Å². The number of nitrogens with one attached hydrogen (secondary N) is 1. The van der Waals surface area contributed by atoms with Crippen molar-refractivity contribution in [2.45, 2.75) is 32.5 Å². The van der Waals surface area contributed by atoms with Crippen molar-refractivity contribution in [3.63, 3.8) is 0 Å². The first-order valence-corrected chi connectivity index (χ1v) is 9.91. The van der Waals surface area contributed by atoms with Crippen LogP contribution in [0.1, 0.15) is 19.4 Å². The van der Waals surface area contributed by atoms with Gasteiger partial charge in [0, 0.05) is 25.2 Å². The zero-order valence-electron chi connectivity index (χ0n) is 15.8. The lowest BCUT2D eigenvalue weighted by Crippen LogP contribution is -2.52. The molecule has 0 aliphatic carbocycles. The highest BCUT2D eigenvalue weighted by Gasteiger charge is 2.30. The molecule has 1 aromatic carbocycles.